The van der Waals surface area contributed by atoms with Gasteiger partial charge in [-0.1, -0.05) is 12.1 Å². The second-order valence-corrected chi connectivity index (χ2v) is 6.90. The number of aliphatic imine (C=N–C) groups is 1. The molecule has 0 saturated carbocycles. The number of guanidine groups is 1. The molecule has 0 amide bonds. The van der Waals surface area contributed by atoms with E-state index in [-0.39, 0.29) is 24.0 Å². The number of aromatic nitrogens is 3. The molecular weight excluding hydrogens is 459 g/mol. The summed E-state index contributed by atoms with van der Waals surface area (Å²) in [5.74, 6) is 0.796. The Morgan fingerprint density at radius 1 is 1.23 bits per heavy atom. The Morgan fingerprint density at radius 3 is 2.65 bits per heavy atom. The van der Waals surface area contributed by atoms with Crippen LogP contribution in [0.25, 0.3) is 5.69 Å². The molecule has 1 aromatic carbocycles. The van der Waals surface area contributed by atoms with E-state index in [9.17, 15) is 0 Å². The third kappa shape index (κ3) is 5.80. The first-order valence-corrected chi connectivity index (χ1v) is 9.01. The van der Waals surface area contributed by atoms with Crippen LogP contribution < -0.4 is 10.6 Å². The first-order valence-electron chi connectivity index (χ1n) is 8.19. The normalized spacial score (nSPS) is 11.1. The molecule has 8 heteroatoms. The minimum absolute atomic E-state index is 0. The van der Waals surface area contributed by atoms with Crippen molar-refractivity contribution in [3.63, 3.8) is 0 Å². The summed E-state index contributed by atoms with van der Waals surface area (Å²) in [5, 5.41) is 12.0. The molecule has 138 valence electrons. The average Bonchev–Trinajstić information content (AvgIpc) is 3.30. The van der Waals surface area contributed by atoms with Gasteiger partial charge in [0.25, 0.3) is 0 Å². The Balaban J connectivity index is 0.00000243. The molecule has 3 rings (SSSR count). The van der Waals surface area contributed by atoms with Crippen LogP contribution in [0.2, 0.25) is 0 Å². The number of hydrogen-bond acceptors (Lipinski definition) is 4. The number of aryl methyl sites for hydroxylation is 1. The fraction of sp³-hybridized carbons (Fsp3) is 0.278. The van der Waals surface area contributed by atoms with Gasteiger partial charge < -0.3 is 10.6 Å². The molecule has 2 N–H and O–H groups in total. The zero-order valence-corrected chi connectivity index (χ0v) is 18.0. The van der Waals surface area contributed by atoms with Crippen LogP contribution in [0.3, 0.4) is 0 Å². The molecule has 0 radical (unpaired) electrons. The Labute approximate surface area is 174 Å². The molecule has 0 saturated heterocycles. The molecule has 26 heavy (non-hydrogen) atoms. The zero-order chi connectivity index (χ0) is 17.5. The van der Waals surface area contributed by atoms with Crippen molar-refractivity contribution in [1.82, 2.24) is 25.4 Å². The molecule has 0 aliphatic heterocycles. The molecule has 0 atom stereocenters. The lowest BCUT2D eigenvalue weighted by Crippen LogP contribution is -2.37. The van der Waals surface area contributed by atoms with Crippen molar-refractivity contribution < 1.29 is 0 Å². The summed E-state index contributed by atoms with van der Waals surface area (Å²) < 4.78 is 1.85. The summed E-state index contributed by atoms with van der Waals surface area (Å²) in [4.78, 5) is 9.88. The number of halogens is 1. The van der Waals surface area contributed by atoms with Crippen molar-refractivity contribution in [1.29, 1.82) is 0 Å². The molecule has 2 aromatic heterocycles. The smallest absolute Gasteiger partial charge is 0.191 e. The maximum absolute atomic E-state index is 4.37. The molecule has 0 aliphatic carbocycles. The van der Waals surface area contributed by atoms with E-state index in [4.69, 9.17) is 0 Å². The van der Waals surface area contributed by atoms with E-state index in [2.05, 4.69) is 56.9 Å². The van der Waals surface area contributed by atoms with Gasteiger partial charge in [0, 0.05) is 50.0 Å². The SMILES string of the molecule is CN=C(NCCc1ncc(C)s1)NCc1ccc(-n2cccn2)cc1.I. The topological polar surface area (TPSA) is 67.1 Å². The number of rotatable bonds is 6. The largest absolute Gasteiger partial charge is 0.356 e. The van der Waals surface area contributed by atoms with E-state index >= 15 is 0 Å². The highest BCUT2D eigenvalue weighted by Crippen LogP contribution is 2.11. The van der Waals surface area contributed by atoms with Gasteiger partial charge in [-0.15, -0.1) is 35.3 Å². The van der Waals surface area contributed by atoms with E-state index in [0.29, 0.717) is 0 Å². The summed E-state index contributed by atoms with van der Waals surface area (Å²) in [6, 6.07) is 10.2. The van der Waals surface area contributed by atoms with Crippen molar-refractivity contribution in [3.8, 4) is 5.69 Å². The minimum Gasteiger partial charge on any atom is -0.356 e. The molecule has 6 nitrogen and oxygen atoms in total. The maximum atomic E-state index is 4.37. The summed E-state index contributed by atoms with van der Waals surface area (Å²) >= 11 is 1.74. The van der Waals surface area contributed by atoms with E-state index in [1.807, 2.05) is 23.1 Å². The Bertz CT molecular complexity index is 811. The highest BCUT2D eigenvalue weighted by molar-refractivity contribution is 14.0. The Hall–Kier alpha value is -1.94. The lowest BCUT2D eigenvalue weighted by Gasteiger charge is -2.11. The van der Waals surface area contributed by atoms with Crippen LogP contribution in [0.1, 0.15) is 15.4 Å². The maximum Gasteiger partial charge on any atom is 0.191 e. The molecule has 0 fully saturated rings. The van der Waals surface area contributed by atoms with Crippen molar-refractivity contribution in [3.05, 3.63) is 64.4 Å². The molecule has 0 bridgehead atoms. The van der Waals surface area contributed by atoms with Crippen LogP contribution in [0, 0.1) is 6.92 Å². The van der Waals surface area contributed by atoms with E-state index < -0.39 is 0 Å². The second kappa shape index (κ2) is 10.3. The highest BCUT2D eigenvalue weighted by Gasteiger charge is 2.02. The number of nitrogens with one attached hydrogen (secondary N) is 2. The zero-order valence-electron chi connectivity index (χ0n) is 14.8. The average molecular weight is 482 g/mol. The van der Waals surface area contributed by atoms with E-state index in [0.717, 1.165) is 36.2 Å². The first-order chi connectivity index (χ1) is 12.2. The first kappa shape index (κ1) is 20.4. The van der Waals surface area contributed by atoms with Crippen LogP contribution in [0.4, 0.5) is 0 Å². The van der Waals surface area contributed by atoms with Gasteiger partial charge in [-0.05, 0) is 30.7 Å². The van der Waals surface area contributed by atoms with Crippen LogP contribution in [0.5, 0.6) is 0 Å². The van der Waals surface area contributed by atoms with Gasteiger partial charge in [-0.3, -0.25) is 4.99 Å². The monoisotopic (exact) mass is 482 g/mol. The van der Waals surface area contributed by atoms with Gasteiger partial charge in [0.05, 0.1) is 10.7 Å². The summed E-state index contributed by atoms with van der Waals surface area (Å²) in [6.45, 7) is 3.60. The van der Waals surface area contributed by atoms with Gasteiger partial charge in [0.15, 0.2) is 5.96 Å². The fourth-order valence-corrected chi connectivity index (χ4v) is 3.19. The van der Waals surface area contributed by atoms with Gasteiger partial charge in [0.1, 0.15) is 0 Å². The minimum atomic E-state index is 0. The number of benzene rings is 1. The number of thiazole rings is 1. The van der Waals surface area contributed by atoms with Gasteiger partial charge in [-0.25, -0.2) is 9.67 Å². The summed E-state index contributed by atoms with van der Waals surface area (Å²) in [5.41, 5.74) is 2.24. The van der Waals surface area contributed by atoms with Crippen molar-refractivity contribution >= 4 is 41.3 Å². The Kier molecular flexibility index (Phi) is 8.05. The van der Waals surface area contributed by atoms with Crippen molar-refractivity contribution in [2.75, 3.05) is 13.6 Å². The standard InChI is InChI=1S/C18H22N6S.HI/c1-14-12-21-17(25-14)8-10-20-18(19-2)22-13-15-4-6-16(7-5-15)24-11-3-9-23-24;/h3-7,9,11-12H,8,10,13H2,1-2H3,(H2,19,20,22);1H. The predicted octanol–water partition coefficient (Wildman–Crippen LogP) is 3.16. The molecule has 3 aromatic rings. The van der Waals surface area contributed by atoms with Crippen LogP contribution in [0.15, 0.2) is 53.9 Å². The molecular formula is C18H23IN6S. The Morgan fingerprint density at radius 2 is 2.04 bits per heavy atom. The van der Waals surface area contributed by atoms with Gasteiger partial charge >= 0.3 is 0 Å². The van der Waals surface area contributed by atoms with Crippen LogP contribution >= 0.6 is 35.3 Å². The fourth-order valence-electron chi connectivity index (χ4n) is 2.40. The van der Waals surface area contributed by atoms with Gasteiger partial charge in [-0.2, -0.15) is 5.10 Å². The summed E-state index contributed by atoms with van der Waals surface area (Å²) in [7, 11) is 1.78. The number of hydrogen-bond donors (Lipinski definition) is 2. The molecule has 0 spiro atoms. The molecule has 2 heterocycles. The second-order valence-electron chi connectivity index (χ2n) is 5.58. The molecule has 0 aliphatic rings. The lowest BCUT2D eigenvalue weighted by atomic mass is 10.2. The third-order valence-electron chi connectivity index (χ3n) is 3.69. The van der Waals surface area contributed by atoms with Crippen LogP contribution in [-0.4, -0.2) is 34.3 Å². The quantitative estimate of drug-likeness (QED) is 0.322. The van der Waals surface area contributed by atoms with Crippen LogP contribution in [-0.2, 0) is 13.0 Å². The predicted molar refractivity (Wildman–Crippen MR) is 118 cm³/mol. The van der Waals surface area contributed by atoms with Crippen molar-refractivity contribution in [2.45, 2.75) is 19.9 Å². The number of nitrogens with zero attached hydrogens (tertiary/aromatic N) is 4. The molecule has 0 unspecified atom stereocenters. The highest BCUT2D eigenvalue weighted by atomic mass is 127. The lowest BCUT2D eigenvalue weighted by molar-refractivity contribution is 0.791. The third-order valence-corrected chi connectivity index (χ3v) is 4.66. The van der Waals surface area contributed by atoms with Gasteiger partial charge in [0.2, 0.25) is 0 Å². The van der Waals surface area contributed by atoms with Crippen molar-refractivity contribution in [2.24, 2.45) is 4.99 Å². The van der Waals surface area contributed by atoms with E-state index in [1.54, 1.807) is 24.6 Å². The summed E-state index contributed by atoms with van der Waals surface area (Å²) in [6.07, 6.45) is 6.53. The van der Waals surface area contributed by atoms with E-state index in [1.165, 1.54) is 10.4 Å².